The Morgan fingerprint density at radius 3 is 2.70 bits per heavy atom. The van der Waals surface area contributed by atoms with Gasteiger partial charge in [0.05, 0.1) is 11.3 Å². The first-order valence-corrected chi connectivity index (χ1v) is 8.18. The molecule has 5 nitrogen and oxygen atoms in total. The minimum Gasteiger partial charge on any atom is -0.350 e. The number of amides is 1. The lowest BCUT2D eigenvalue weighted by Crippen LogP contribution is -2.32. The molecule has 20 heavy (non-hydrogen) atoms. The molecule has 1 heterocycles. The molecule has 0 saturated carbocycles. The zero-order chi connectivity index (χ0) is 14.8. The van der Waals surface area contributed by atoms with Gasteiger partial charge in [-0.05, 0) is 12.5 Å². The maximum atomic E-state index is 12.1. The fourth-order valence-corrected chi connectivity index (χ4v) is 3.27. The van der Waals surface area contributed by atoms with Gasteiger partial charge in [-0.15, -0.1) is 0 Å². The SMILES string of the molecule is CCCCS(=O)(=O)NC(=O)c1cn(C)c2ccccc12. The molecule has 2 rings (SSSR count). The Bertz CT molecular complexity index is 732. The van der Waals surface area contributed by atoms with Crippen LogP contribution in [0.1, 0.15) is 30.1 Å². The van der Waals surface area contributed by atoms with E-state index in [1.165, 1.54) is 0 Å². The highest BCUT2D eigenvalue weighted by Gasteiger charge is 2.19. The van der Waals surface area contributed by atoms with E-state index < -0.39 is 15.9 Å². The van der Waals surface area contributed by atoms with E-state index in [4.69, 9.17) is 0 Å². The highest BCUT2D eigenvalue weighted by atomic mass is 32.2. The minimum atomic E-state index is -3.56. The van der Waals surface area contributed by atoms with Crippen molar-refractivity contribution in [2.75, 3.05) is 5.75 Å². The molecule has 0 atom stereocenters. The van der Waals surface area contributed by atoms with E-state index >= 15 is 0 Å². The second-order valence-corrected chi connectivity index (χ2v) is 6.62. The zero-order valence-electron chi connectivity index (χ0n) is 11.6. The number of rotatable bonds is 5. The minimum absolute atomic E-state index is 0.0278. The molecular weight excluding hydrogens is 276 g/mol. The number of carbonyl (C=O) groups excluding carboxylic acids is 1. The van der Waals surface area contributed by atoms with Crippen molar-refractivity contribution in [2.45, 2.75) is 19.8 Å². The summed E-state index contributed by atoms with van der Waals surface area (Å²) in [6.07, 6.45) is 2.96. The first-order valence-electron chi connectivity index (χ1n) is 6.53. The molecule has 6 heteroatoms. The second kappa shape index (κ2) is 5.66. The number of carbonyl (C=O) groups is 1. The first kappa shape index (κ1) is 14.6. The van der Waals surface area contributed by atoms with Crippen LogP contribution in [0.3, 0.4) is 0 Å². The molecule has 108 valence electrons. The molecule has 0 bridgehead atoms. The van der Waals surface area contributed by atoms with Gasteiger partial charge in [0.1, 0.15) is 0 Å². The third-order valence-corrected chi connectivity index (χ3v) is 4.48. The summed E-state index contributed by atoms with van der Waals surface area (Å²) in [4.78, 5) is 12.1. The molecule has 0 aliphatic rings. The summed E-state index contributed by atoms with van der Waals surface area (Å²) in [5.41, 5.74) is 1.27. The maximum absolute atomic E-state index is 12.1. The summed E-state index contributed by atoms with van der Waals surface area (Å²) in [5.74, 6) is -0.599. The second-order valence-electron chi connectivity index (χ2n) is 4.77. The van der Waals surface area contributed by atoms with E-state index in [1.54, 1.807) is 6.20 Å². The lowest BCUT2D eigenvalue weighted by molar-refractivity contribution is 0.0983. The van der Waals surface area contributed by atoms with Crippen LogP contribution in [0.2, 0.25) is 0 Å². The van der Waals surface area contributed by atoms with E-state index in [-0.39, 0.29) is 5.75 Å². The molecule has 2 aromatic rings. The number of unbranched alkanes of at least 4 members (excludes halogenated alkanes) is 1. The van der Waals surface area contributed by atoms with Crippen LogP contribution < -0.4 is 4.72 Å². The average Bonchev–Trinajstić information content (AvgIpc) is 2.74. The molecule has 0 aliphatic heterocycles. The normalized spacial score (nSPS) is 11.7. The van der Waals surface area contributed by atoms with E-state index in [9.17, 15) is 13.2 Å². The van der Waals surface area contributed by atoms with Crippen LogP contribution in [0.15, 0.2) is 30.5 Å². The van der Waals surface area contributed by atoms with Crippen molar-refractivity contribution in [2.24, 2.45) is 7.05 Å². The predicted molar refractivity (Wildman–Crippen MR) is 79.1 cm³/mol. The highest BCUT2D eigenvalue weighted by molar-refractivity contribution is 7.90. The van der Waals surface area contributed by atoms with Gasteiger partial charge >= 0.3 is 0 Å². The monoisotopic (exact) mass is 294 g/mol. The Morgan fingerprint density at radius 1 is 1.30 bits per heavy atom. The quantitative estimate of drug-likeness (QED) is 0.917. The molecule has 1 aromatic heterocycles. The van der Waals surface area contributed by atoms with Crippen LogP contribution in [0, 0.1) is 0 Å². The molecule has 1 N–H and O–H groups in total. The Kier molecular flexibility index (Phi) is 4.13. The number of benzene rings is 1. The van der Waals surface area contributed by atoms with Crippen molar-refractivity contribution in [3.8, 4) is 0 Å². The Morgan fingerprint density at radius 2 is 2.00 bits per heavy atom. The number of hydrogen-bond acceptors (Lipinski definition) is 3. The number of nitrogens with one attached hydrogen (secondary N) is 1. The van der Waals surface area contributed by atoms with E-state index in [0.29, 0.717) is 12.0 Å². The Labute approximate surface area is 118 Å². The first-order chi connectivity index (χ1) is 9.44. The van der Waals surface area contributed by atoms with Gasteiger partial charge in [-0.2, -0.15) is 0 Å². The van der Waals surface area contributed by atoms with Gasteiger partial charge in [0.2, 0.25) is 10.0 Å². The van der Waals surface area contributed by atoms with Gasteiger partial charge < -0.3 is 4.57 Å². The zero-order valence-corrected chi connectivity index (χ0v) is 12.4. The van der Waals surface area contributed by atoms with Crippen LogP contribution in [-0.2, 0) is 17.1 Å². The van der Waals surface area contributed by atoms with Crippen LogP contribution in [-0.4, -0.2) is 24.6 Å². The van der Waals surface area contributed by atoms with E-state index in [0.717, 1.165) is 17.3 Å². The molecule has 0 unspecified atom stereocenters. The van der Waals surface area contributed by atoms with Gasteiger partial charge in [0, 0.05) is 24.1 Å². The number of fused-ring (bicyclic) bond motifs is 1. The van der Waals surface area contributed by atoms with Crippen molar-refractivity contribution in [3.05, 3.63) is 36.0 Å². The van der Waals surface area contributed by atoms with Crippen LogP contribution in [0.4, 0.5) is 0 Å². The third kappa shape index (κ3) is 3.01. The van der Waals surface area contributed by atoms with Crippen LogP contribution >= 0.6 is 0 Å². The molecule has 0 fully saturated rings. The highest BCUT2D eigenvalue weighted by Crippen LogP contribution is 2.20. The maximum Gasteiger partial charge on any atom is 0.266 e. The summed E-state index contributed by atoms with van der Waals surface area (Å²) in [6, 6.07) is 7.40. The molecule has 1 aromatic carbocycles. The molecule has 0 aliphatic carbocycles. The summed E-state index contributed by atoms with van der Waals surface area (Å²) in [5, 5.41) is 0.748. The van der Waals surface area contributed by atoms with Crippen LogP contribution in [0.25, 0.3) is 10.9 Å². The summed E-state index contributed by atoms with van der Waals surface area (Å²) >= 11 is 0. The van der Waals surface area contributed by atoms with E-state index in [1.807, 2.05) is 42.8 Å². The molecule has 0 radical (unpaired) electrons. The smallest absolute Gasteiger partial charge is 0.266 e. The molecule has 0 spiro atoms. The van der Waals surface area contributed by atoms with Gasteiger partial charge in [0.15, 0.2) is 0 Å². The summed E-state index contributed by atoms with van der Waals surface area (Å²) in [6.45, 7) is 1.90. The number of aromatic nitrogens is 1. The molecular formula is C14H18N2O3S. The van der Waals surface area contributed by atoms with Crippen LogP contribution in [0.5, 0.6) is 0 Å². The third-order valence-electron chi connectivity index (χ3n) is 3.16. The van der Waals surface area contributed by atoms with Crippen molar-refractivity contribution in [1.82, 2.24) is 9.29 Å². The lowest BCUT2D eigenvalue weighted by Gasteiger charge is -2.05. The lowest BCUT2D eigenvalue weighted by atomic mass is 10.2. The number of hydrogen-bond donors (Lipinski definition) is 1. The summed E-state index contributed by atoms with van der Waals surface area (Å²) < 4.78 is 27.5. The van der Waals surface area contributed by atoms with Crippen molar-refractivity contribution < 1.29 is 13.2 Å². The standard InChI is InChI=1S/C14H18N2O3S/c1-3-4-9-20(18,19)15-14(17)12-10-16(2)13-8-6-5-7-11(12)13/h5-8,10H,3-4,9H2,1-2H3,(H,15,17). The molecule has 0 saturated heterocycles. The largest absolute Gasteiger partial charge is 0.350 e. The van der Waals surface area contributed by atoms with Gasteiger partial charge in [-0.1, -0.05) is 31.5 Å². The topological polar surface area (TPSA) is 68.2 Å². The van der Waals surface area contributed by atoms with E-state index in [2.05, 4.69) is 4.72 Å². The van der Waals surface area contributed by atoms with Gasteiger partial charge in [-0.25, -0.2) is 13.1 Å². The number of para-hydroxylation sites is 1. The fourth-order valence-electron chi connectivity index (χ4n) is 2.10. The predicted octanol–water partition coefficient (Wildman–Crippen LogP) is 2.04. The summed E-state index contributed by atoms with van der Waals surface area (Å²) in [7, 11) is -1.74. The Hall–Kier alpha value is -1.82. The van der Waals surface area contributed by atoms with Gasteiger partial charge in [0.25, 0.3) is 5.91 Å². The van der Waals surface area contributed by atoms with Crippen molar-refractivity contribution in [3.63, 3.8) is 0 Å². The van der Waals surface area contributed by atoms with Crippen molar-refractivity contribution in [1.29, 1.82) is 0 Å². The fraction of sp³-hybridized carbons (Fsp3) is 0.357. The average molecular weight is 294 g/mol. The van der Waals surface area contributed by atoms with Crippen molar-refractivity contribution >= 4 is 26.8 Å². The number of nitrogens with zero attached hydrogens (tertiary/aromatic N) is 1. The molecule has 1 amide bonds. The van der Waals surface area contributed by atoms with Gasteiger partial charge in [-0.3, -0.25) is 4.79 Å². The Balaban J connectivity index is 2.29. The number of sulfonamides is 1. The number of aryl methyl sites for hydroxylation is 1.